The van der Waals surface area contributed by atoms with E-state index >= 15 is 0 Å². The number of rotatable bonds is 3. The molecule has 3 aromatic rings. The van der Waals surface area contributed by atoms with Gasteiger partial charge in [-0.3, -0.25) is 4.79 Å². The Hall–Kier alpha value is -2.13. The molecule has 0 aliphatic carbocycles. The molecule has 0 saturated heterocycles. The number of aromatic nitrogens is 2. The van der Waals surface area contributed by atoms with E-state index in [1.165, 1.54) is 0 Å². The number of Topliss-reactive ketones (excluding diaryl/α,β-unsaturated/α-hetero) is 1. The van der Waals surface area contributed by atoms with Crippen molar-refractivity contribution in [2.24, 2.45) is 0 Å². The maximum atomic E-state index is 12.5. The molecule has 2 aromatic carbocycles. The number of ketones is 1. The van der Waals surface area contributed by atoms with Crippen molar-refractivity contribution in [3.8, 4) is 0 Å². The van der Waals surface area contributed by atoms with E-state index in [2.05, 4.69) is 4.98 Å². The minimum Gasteiger partial charge on any atom is -0.320 e. The van der Waals surface area contributed by atoms with E-state index in [4.69, 9.17) is 11.6 Å². The molecule has 1 heterocycles. The number of hydrogen-bond acceptors (Lipinski definition) is 2. The molecule has 0 aliphatic heterocycles. The van der Waals surface area contributed by atoms with Crippen molar-refractivity contribution in [2.45, 2.75) is 13.0 Å². The Morgan fingerprint density at radius 2 is 1.85 bits per heavy atom. The fourth-order valence-corrected chi connectivity index (χ4v) is 2.39. The Bertz CT molecular complexity index is 762. The van der Waals surface area contributed by atoms with Gasteiger partial charge in [0.15, 0.2) is 5.78 Å². The van der Waals surface area contributed by atoms with Crippen molar-refractivity contribution in [3.63, 3.8) is 0 Å². The molecule has 1 unspecified atom stereocenters. The summed E-state index contributed by atoms with van der Waals surface area (Å²) in [5.74, 6) is 0.0461. The molecule has 0 radical (unpaired) electrons. The SMILES string of the molecule is CC(C(=O)c1ccc(Cl)cc1)n1cnc2ccccc21. The predicted octanol–water partition coefficient (Wildman–Crippen LogP) is 4.13. The van der Waals surface area contributed by atoms with Gasteiger partial charge in [0.25, 0.3) is 0 Å². The fraction of sp³-hybridized carbons (Fsp3) is 0.125. The van der Waals surface area contributed by atoms with Crippen LogP contribution >= 0.6 is 11.6 Å². The van der Waals surface area contributed by atoms with Gasteiger partial charge in [-0.15, -0.1) is 0 Å². The lowest BCUT2D eigenvalue weighted by molar-refractivity contribution is 0.0937. The van der Waals surface area contributed by atoms with Crippen LogP contribution in [0.15, 0.2) is 54.9 Å². The standard InChI is InChI=1S/C16H13ClN2O/c1-11(16(20)12-6-8-13(17)9-7-12)19-10-18-14-4-2-3-5-15(14)19/h2-11H,1H3. The number of imidazole rings is 1. The van der Waals surface area contributed by atoms with Gasteiger partial charge >= 0.3 is 0 Å². The van der Waals surface area contributed by atoms with Crippen LogP contribution in [0.2, 0.25) is 5.02 Å². The lowest BCUT2D eigenvalue weighted by Gasteiger charge is -2.13. The van der Waals surface area contributed by atoms with Gasteiger partial charge in [0, 0.05) is 10.6 Å². The van der Waals surface area contributed by atoms with Crippen LogP contribution < -0.4 is 0 Å². The lowest BCUT2D eigenvalue weighted by Crippen LogP contribution is -2.15. The Morgan fingerprint density at radius 1 is 1.15 bits per heavy atom. The van der Waals surface area contributed by atoms with E-state index in [-0.39, 0.29) is 11.8 Å². The van der Waals surface area contributed by atoms with Crippen LogP contribution in [0, 0.1) is 0 Å². The minimum atomic E-state index is -0.302. The molecule has 0 bridgehead atoms. The summed E-state index contributed by atoms with van der Waals surface area (Å²) in [6.07, 6.45) is 1.71. The highest BCUT2D eigenvalue weighted by Crippen LogP contribution is 2.21. The largest absolute Gasteiger partial charge is 0.320 e. The number of benzene rings is 2. The van der Waals surface area contributed by atoms with E-state index in [1.807, 2.05) is 35.8 Å². The van der Waals surface area contributed by atoms with Crippen molar-refractivity contribution in [2.75, 3.05) is 0 Å². The first-order valence-electron chi connectivity index (χ1n) is 6.38. The Balaban J connectivity index is 1.97. The van der Waals surface area contributed by atoms with Crippen LogP contribution in [0.5, 0.6) is 0 Å². The van der Waals surface area contributed by atoms with Gasteiger partial charge in [-0.25, -0.2) is 4.98 Å². The summed E-state index contributed by atoms with van der Waals surface area (Å²) in [6.45, 7) is 1.88. The van der Waals surface area contributed by atoms with E-state index in [0.29, 0.717) is 10.6 Å². The van der Waals surface area contributed by atoms with Crippen LogP contribution in [0.1, 0.15) is 23.3 Å². The Kier molecular flexibility index (Phi) is 3.28. The average molecular weight is 285 g/mol. The van der Waals surface area contributed by atoms with E-state index in [0.717, 1.165) is 11.0 Å². The number of hydrogen-bond donors (Lipinski definition) is 0. The monoisotopic (exact) mass is 284 g/mol. The Labute approximate surface area is 121 Å². The van der Waals surface area contributed by atoms with Crippen LogP contribution in [-0.4, -0.2) is 15.3 Å². The summed E-state index contributed by atoms with van der Waals surface area (Å²) >= 11 is 5.85. The van der Waals surface area contributed by atoms with Gasteiger partial charge in [-0.1, -0.05) is 23.7 Å². The molecule has 20 heavy (non-hydrogen) atoms. The van der Waals surface area contributed by atoms with Crippen LogP contribution in [-0.2, 0) is 0 Å². The zero-order valence-electron chi connectivity index (χ0n) is 11.0. The molecule has 0 saturated carbocycles. The van der Waals surface area contributed by atoms with Gasteiger partial charge in [-0.05, 0) is 43.3 Å². The summed E-state index contributed by atoms with van der Waals surface area (Å²) in [5.41, 5.74) is 2.50. The zero-order chi connectivity index (χ0) is 14.1. The smallest absolute Gasteiger partial charge is 0.185 e. The topological polar surface area (TPSA) is 34.9 Å². The summed E-state index contributed by atoms with van der Waals surface area (Å²) in [5, 5.41) is 0.627. The summed E-state index contributed by atoms with van der Waals surface area (Å²) in [6, 6.07) is 14.4. The molecule has 1 atom stereocenters. The van der Waals surface area contributed by atoms with Crippen molar-refractivity contribution >= 4 is 28.4 Å². The average Bonchev–Trinajstić information content (AvgIpc) is 2.90. The number of carbonyl (C=O) groups excluding carboxylic acids is 1. The molecule has 0 amide bonds. The van der Waals surface area contributed by atoms with Crippen LogP contribution in [0.4, 0.5) is 0 Å². The Morgan fingerprint density at radius 3 is 2.60 bits per heavy atom. The summed E-state index contributed by atoms with van der Waals surface area (Å²) < 4.78 is 1.90. The number of carbonyl (C=O) groups is 1. The first kappa shape index (κ1) is 12.9. The zero-order valence-corrected chi connectivity index (χ0v) is 11.7. The maximum absolute atomic E-state index is 12.5. The van der Waals surface area contributed by atoms with E-state index in [9.17, 15) is 4.79 Å². The normalized spacial score (nSPS) is 12.5. The second-order valence-electron chi connectivity index (χ2n) is 4.69. The summed E-state index contributed by atoms with van der Waals surface area (Å²) in [4.78, 5) is 16.8. The van der Waals surface area contributed by atoms with Crippen molar-refractivity contribution in [1.29, 1.82) is 0 Å². The quantitative estimate of drug-likeness (QED) is 0.678. The molecule has 1 aromatic heterocycles. The van der Waals surface area contributed by atoms with Crippen molar-refractivity contribution in [3.05, 3.63) is 65.4 Å². The van der Waals surface area contributed by atoms with E-state index < -0.39 is 0 Å². The molecular weight excluding hydrogens is 272 g/mol. The number of nitrogens with zero attached hydrogens (tertiary/aromatic N) is 2. The van der Waals surface area contributed by atoms with Gasteiger partial charge in [0.2, 0.25) is 0 Å². The van der Waals surface area contributed by atoms with E-state index in [1.54, 1.807) is 30.6 Å². The molecule has 3 nitrogen and oxygen atoms in total. The van der Waals surface area contributed by atoms with Gasteiger partial charge < -0.3 is 4.57 Å². The molecule has 0 fully saturated rings. The minimum absolute atomic E-state index is 0.0461. The van der Waals surface area contributed by atoms with Crippen molar-refractivity contribution < 1.29 is 4.79 Å². The highest BCUT2D eigenvalue weighted by atomic mass is 35.5. The molecule has 0 spiro atoms. The highest BCUT2D eigenvalue weighted by Gasteiger charge is 2.18. The number of para-hydroxylation sites is 2. The van der Waals surface area contributed by atoms with Gasteiger partial charge in [-0.2, -0.15) is 0 Å². The van der Waals surface area contributed by atoms with Gasteiger partial charge in [0.05, 0.1) is 23.4 Å². The molecular formula is C16H13ClN2O. The third kappa shape index (κ3) is 2.21. The molecule has 0 N–H and O–H groups in total. The second kappa shape index (κ2) is 5.10. The predicted molar refractivity (Wildman–Crippen MR) is 80.2 cm³/mol. The van der Waals surface area contributed by atoms with Crippen molar-refractivity contribution in [1.82, 2.24) is 9.55 Å². The molecule has 4 heteroatoms. The maximum Gasteiger partial charge on any atom is 0.185 e. The van der Waals surface area contributed by atoms with Crippen LogP contribution in [0.3, 0.4) is 0 Å². The molecule has 0 aliphatic rings. The first-order chi connectivity index (χ1) is 9.66. The first-order valence-corrected chi connectivity index (χ1v) is 6.76. The van der Waals surface area contributed by atoms with Gasteiger partial charge in [0.1, 0.15) is 0 Å². The number of fused-ring (bicyclic) bond motifs is 1. The third-order valence-corrected chi connectivity index (χ3v) is 3.66. The molecule has 3 rings (SSSR count). The number of halogens is 1. The second-order valence-corrected chi connectivity index (χ2v) is 5.12. The fourth-order valence-electron chi connectivity index (χ4n) is 2.27. The molecule has 100 valence electrons. The highest BCUT2D eigenvalue weighted by molar-refractivity contribution is 6.30. The third-order valence-electron chi connectivity index (χ3n) is 3.41. The summed E-state index contributed by atoms with van der Waals surface area (Å²) in [7, 11) is 0. The van der Waals surface area contributed by atoms with Crippen LogP contribution in [0.25, 0.3) is 11.0 Å². The lowest BCUT2D eigenvalue weighted by atomic mass is 10.1.